The number of hydrogen-bond acceptors (Lipinski definition) is 4. The van der Waals surface area contributed by atoms with Crippen molar-refractivity contribution < 1.29 is 9.84 Å². The molecule has 3 N–H and O–H groups in total. The molecule has 0 spiro atoms. The quantitative estimate of drug-likeness (QED) is 0.785. The molecule has 21 heavy (non-hydrogen) atoms. The Hall–Kier alpha value is -1.17. The number of aliphatic hydroxyl groups is 1. The Balaban J connectivity index is 1.75. The van der Waals surface area contributed by atoms with Crippen LogP contribution in [-0.4, -0.2) is 47.3 Å². The summed E-state index contributed by atoms with van der Waals surface area (Å²) >= 11 is 4.90. The van der Waals surface area contributed by atoms with Crippen LogP contribution in [0.15, 0.2) is 24.3 Å². The van der Waals surface area contributed by atoms with Crippen LogP contribution in [0.3, 0.4) is 0 Å². The molecular formula is C16H24N2O2S. The fourth-order valence-electron chi connectivity index (χ4n) is 2.71. The third-order valence-corrected chi connectivity index (χ3v) is 4.03. The third-order valence-electron chi connectivity index (χ3n) is 3.79. The molecule has 1 aliphatic rings. The molecule has 4 nitrogen and oxygen atoms in total. The Kier molecular flexibility index (Phi) is 5.96. The fourth-order valence-corrected chi connectivity index (χ4v) is 2.85. The van der Waals surface area contributed by atoms with Crippen molar-refractivity contribution in [1.82, 2.24) is 4.90 Å². The van der Waals surface area contributed by atoms with Gasteiger partial charge < -0.3 is 20.5 Å². The number of aliphatic hydroxyl groups excluding tert-OH is 1. The Morgan fingerprint density at radius 1 is 1.48 bits per heavy atom. The molecule has 2 rings (SSSR count). The average molecular weight is 308 g/mol. The van der Waals surface area contributed by atoms with Crippen LogP contribution in [0, 0.1) is 5.92 Å². The number of benzene rings is 1. The summed E-state index contributed by atoms with van der Waals surface area (Å²) in [6.45, 7) is 5.38. The summed E-state index contributed by atoms with van der Waals surface area (Å²) < 4.78 is 5.61. The summed E-state index contributed by atoms with van der Waals surface area (Å²) in [4.78, 5) is 2.69. The van der Waals surface area contributed by atoms with Gasteiger partial charge in [-0.15, -0.1) is 0 Å². The second kappa shape index (κ2) is 7.73. The largest absolute Gasteiger partial charge is 0.491 e. The number of nitrogens with two attached hydrogens (primary N) is 1. The number of thiocarbonyl (C=S) groups is 1. The molecule has 0 radical (unpaired) electrons. The second-order valence-electron chi connectivity index (χ2n) is 5.86. The zero-order valence-corrected chi connectivity index (χ0v) is 13.3. The van der Waals surface area contributed by atoms with Crippen molar-refractivity contribution in [3.05, 3.63) is 29.8 Å². The van der Waals surface area contributed by atoms with E-state index in [-0.39, 0.29) is 0 Å². The van der Waals surface area contributed by atoms with Gasteiger partial charge in [-0.1, -0.05) is 19.1 Å². The lowest BCUT2D eigenvalue weighted by atomic mass is 10.0. The number of hydrogen-bond donors (Lipinski definition) is 2. The van der Waals surface area contributed by atoms with Crippen molar-refractivity contribution in [3.63, 3.8) is 0 Å². The first-order chi connectivity index (χ1) is 10.0. The SMILES string of the molecule is CC1CCCN(CC(O)COc2ccc(C(N)=S)cc2)C1. The van der Waals surface area contributed by atoms with Crippen molar-refractivity contribution >= 4 is 17.2 Å². The van der Waals surface area contributed by atoms with Crippen molar-refractivity contribution in [3.8, 4) is 5.75 Å². The van der Waals surface area contributed by atoms with E-state index in [0.717, 1.165) is 30.3 Å². The lowest BCUT2D eigenvalue weighted by Crippen LogP contribution is -2.41. The highest BCUT2D eigenvalue weighted by Gasteiger charge is 2.19. The molecule has 1 saturated heterocycles. The lowest BCUT2D eigenvalue weighted by molar-refractivity contribution is 0.0537. The molecule has 0 aromatic heterocycles. The predicted octanol–water partition coefficient (Wildman–Crippen LogP) is 1.79. The number of β-amino-alcohol motifs (C(OH)–C–C–N with tert-alkyl or cyclic N) is 1. The van der Waals surface area contributed by atoms with Crippen LogP contribution >= 0.6 is 12.2 Å². The number of rotatable bonds is 6. The number of piperidine rings is 1. The molecule has 1 aliphatic heterocycles. The van der Waals surface area contributed by atoms with Crippen molar-refractivity contribution in [2.45, 2.75) is 25.9 Å². The highest BCUT2D eigenvalue weighted by molar-refractivity contribution is 7.80. The van der Waals surface area contributed by atoms with E-state index >= 15 is 0 Å². The molecule has 0 bridgehead atoms. The summed E-state index contributed by atoms with van der Waals surface area (Å²) in [6, 6.07) is 7.31. The topological polar surface area (TPSA) is 58.7 Å². The van der Waals surface area contributed by atoms with Crippen LogP contribution in [0.25, 0.3) is 0 Å². The highest BCUT2D eigenvalue weighted by atomic mass is 32.1. The molecule has 5 heteroatoms. The highest BCUT2D eigenvalue weighted by Crippen LogP contribution is 2.16. The molecular weight excluding hydrogens is 284 g/mol. The molecule has 0 saturated carbocycles. The zero-order valence-electron chi connectivity index (χ0n) is 12.5. The molecule has 0 aliphatic carbocycles. The molecule has 2 unspecified atom stereocenters. The van der Waals surface area contributed by atoms with E-state index < -0.39 is 6.10 Å². The van der Waals surface area contributed by atoms with Crippen molar-refractivity contribution in [1.29, 1.82) is 0 Å². The van der Waals surface area contributed by atoms with E-state index in [4.69, 9.17) is 22.7 Å². The van der Waals surface area contributed by atoms with Gasteiger partial charge in [-0.2, -0.15) is 0 Å². The zero-order chi connectivity index (χ0) is 15.2. The van der Waals surface area contributed by atoms with Gasteiger partial charge in [0.05, 0.1) is 0 Å². The minimum absolute atomic E-state index is 0.303. The van der Waals surface area contributed by atoms with Crippen molar-refractivity contribution in [2.24, 2.45) is 11.7 Å². The Labute approximate surface area is 131 Å². The van der Waals surface area contributed by atoms with Gasteiger partial charge in [-0.25, -0.2) is 0 Å². The molecule has 1 fully saturated rings. The third kappa shape index (κ3) is 5.26. The lowest BCUT2D eigenvalue weighted by Gasteiger charge is -2.32. The van der Waals surface area contributed by atoms with Gasteiger partial charge in [0.1, 0.15) is 23.4 Å². The van der Waals surface area contributed by atoms with Gasteiger partial charge in [0.2, 0.25) is 0 Å². The van der Waals surface area contributed by atoms with Gasteiger partial charge in [-0.05, 0) is 49.6 Å². The van der Waals surface area contributed by atoms with Crippen LogP contribution in [-0.2, 0) is 0 Å². The number of likely N-dealkylation sites (tertiary alicyclic amines) is 1. The summed E-state index contributed by atoms with van der Waals surface area (Å²) in [5, 5.41) is 10.1. The van der Waals surface area contributed by atoms with Gasteiger partial charge in [0.15, 0.2) is 0 Å². The molecule has 1 aromatic carbocycles. The smallest absolute Gasteiger partial charge is 0.119 e. The maximum Gasteiger partial charge on any atom is 0.119 e. The van der Waals surface area contributed by atoms with Gasteiger partial charge in [0, 0.05) is 18.7 Å². The molecule has 1 aromatic rings. The van der Waals surface area contributed by atoms with Gasteiger partial charge in [-0.3, -0.25) is 0 Å². The monoisotopic (exact) mass is 308 g/mol. The summed E-state index contributed by atoms with van der Waals surface area (Å²) in [7, 11) is 0. The summed E-state index contributed by atoms with van der Waals surface area (Å²) in [6.07, 6.45) is 2.04. The van der Waals surface area contributed by atoms with Crippen LogP contribution in [0.2, 0.25) is 0 Å². The normalized spacial score (nSPS) is 21.0. The Morgan fingerprint density at radius 2 is 2.19 bits per heavy atom. The maximum absolute atomic E-state index is 10.1. The second-order valence-corrected chi connectivity index (χ2v) is 6.30. The standard InChI is InChI=1S/C16H24N2O2S/c1-12-3-2-8-18(9-12)10-14(19)11-20-15-6-4-13(5-7-15)16(17)21/h4-7,12,14,19H,2-3,8-11H2,1H3,(H2,17,21). The minimum Gasteiger partial charge on any atom is -0.491 e. The van der Waals surface area contributed by atoms with Gasteiger partial charge >= 0.3 is 0 Å². The minimum atomic E-state index is -0.467. The average Bonchev–Trinajstić information content (AvgIpc) is 2.45. The first-order valence-corrected chi connectivity index (χ1v) is 7.88. The summed E-state index contributed by atoms with van der Waals surface area (Å²) in [5.74, 6) is 1.44. The van der Waals surface area contributed by atoms with E-state index in [1.165, 1.54) is 12.8 Å². The van der Waals surface area contributed by atoms with Crippen LogP contribution in [0.4, 0.5) is 0 Å². The molecule has 0 amide bonds. The van der Waals surface area contributed by atoms with Gasteiger partial charge in [0.25, 0.3) is 0 Å². The molecule has 116 valence electrons. The first kappa shape index (κ1) is 16.2. The van der Waals surface area contributed by atoms with Crippen LogP contribution in [0.1, 0.15) is 25.3 Å². The van der Waals surface area contributed by atoms with E-state index in [2.05, 4.69) is 11.8 Å². The molecule has 1 heterocycles. The van der Waals surface area contributed by atoms with E-state index in [1.54, 1.807) is 0 Å². The van der Waals surface area contributed by atoms with E-state index in [1.807, 2.05) is 24.3 Å². The van der Waals surface area contributed by atoms with Crippen LogP contribution < -0.4 is 10.5 Å². The number of ether oxygens (including phenoxy) is 1. The van der Waals surface area contributed by atoms with Crippen molar-refractivity contribution in [2.75, 3.05) is 26.2 Å². The first-order valence-electron chi connectivity index (χ1n) is 7.47. The summed E-state index contributed by atoms with van der Waals surface area (Å²) in [5.41, 5.74) is 6.37. The Morgan fingerprint density at radius 3 is 2.81 bits per heavy atom. The number of nitrogens with zero attached hydrogens (tertiary/aromatic N) is 1. The van der Waals surface area contributed by atoms with E-state index in [9.17, 15) is 5.11 Å². The van der Waals surface area contributed by atoms with E-state index in [0.29, 0.717) is 18.1 Å². The van der Waals surface area contributed by atoms with Crippen LogP contribution in [0.5, 0.6) is 5.75 Å². The molecule has 2 atom stereocenters. The maximum atomic E-state index is 10.1. The fraction of sp³-hybridized carbons (Fsp3) is 0.562. The Bertz CT molecular complexity index is 464. The predicted molar refractivity (Wildman–Crippen MR) is 88.7 cm³/mol.